The van der Waals surface area contributed by atoms with Crippen LogP contribution in [0.25, 0.3) is 0 Å². The van der Waals surface area contributed by atoms with Gasteiger partial charge in [-0.25, -0.2) is 0 Å². The molecule has 2 fully saturated rings. The van der Waals surface area contributed by atoms with Gasteiger partial charge in [-0.3, -0.25) is 0 Å². The van der Waals surface area contributed by atoms with Gasteiger partial charge in [-0.2, -0.15) is 5.26 Å². The summed E-state index contributed by atoms with van der Waals surface area (Å²) in [4.78, 5) is 0. The zero-order chi connectivity index (χ0) is 16.5. The Hall–Kier alpha value is -0.590. The first-order valence-electron chi connectivity index (χ1n) is 9.94. The van der Waals surface area contributed by atoms with Gasteiger partial charge in [0.2, 0.25) is 0 Å². The Kier molecular flexibility index (Phi) is 7.86. The molecule has 0 aromatic carbocycles. The van der Waals surface area contributed by atoms with Crippen LogP contribution in [-0.2, 0) is 9.47 Å². The van der Waals surface area contributed by atoms with E-state index in [9.17, 15) is 5.26 Å². The van der Waals surface area contributed by atoms with E-state index in [4.69, 9.17) is 9.47 Å². The van der Waals surface area contributed by atoms with Crippen LogP contribution in [0.2, 0.25) is 0 Å². The van der Waals surface area contributed by atoms with Gasteiger partial charge in [0, 0.05) is 5.92 Å². The van der Waals surface area contributed by atoms with E-state index in [0.717, 1.165) is 32.1 Å². The molecule has 3 heteroatoms. The summed E-state index contributed by atoms with van der Waals surface area (Å²) in [6.45, 7) is 4.98. The maximum Gasteiger partial charge on any atom is 0.160 e. The van der Waals surface area contributed by atoms with Gasteiger partial charge in [0.15, 0.2) is 6.29 Å². The van der Waals surface area contributed by atoms with Crippen LogP contribution >= 0.6 is 0 Å². The van der Waals surface area contributed by atoms with Gasteiger partial charge in [-0.15, -0.1) is 0 Å². The molecule has 1 aliphatic heterocycles. The van der Waals surface area contributed by atoms with Gasteiger partial charge in [0.05, 0.1) is 18.8 Å². The molecule has 132 valence electrons. The van der Waals surface area contributed by atoms with E-state index in [-0.39, 0.29) is 12.4 Å². The van der Waals surface area contributed by atoms with Crippen molar-refractivity contribution >= 4 is 0 Å². The highest BCUT2D eigenvalue weighted by Crippen LogP contribution is 2.41. The standard InChI is InChI=1S/C20H35NO2/c1-3-5-8-13-18-20(15-21,14-6-4-2)16-22-19(23-18)17-11-9-7-10-12-17/h17-19H,3-14,16H2,1-2H3. The summed E-state index contributed by atoms with van der Waals surface area (Å²) in [5.41, 5.74) is -0.422. The van der Waals surface area contributed by atoms with Crippen LogP contribution in [0.3, 0.4) is 0 Å². The monoisotopic (exact) mass is 321 g/mol. The van der Waals surface area contributed by atoms with E-state index >= 15 is 0 Å². The minimum atomic E-state index is -0.422. The largest absolute Gasteiger partial charge is 0.351 e. The number of nitriles is 1. The lowest BCUT2D eigenvalue weighted by Crippen LogP contribution is -2.50. The fraction of sp³-hybridized carbons (Fsp3) is 0.950. The van der Waals surface area contributed by atoms with Gasteiger partial charge in [0.1, 0.15) is 5.41 Å². The first kappa shape index (κ1) is 18.7. The molecule has 3 atom stereocenters. The van der Waals surface area contributed by atoms with Crippen molar-refractivity contribution in [1.29, 1.82) is 5.26 Å². The third kappa shape index (κ3) is 4.94. The highest BCUT2D eigenvalue weighted by atomic mass is 16.7. The summed E-state index contributed by atoms with van der Waals surface area (Å²) < 4.78 is 12.5. The molecule has 0 N–H and O–H groups in total. The van der Waals surface area contributed by atoms with Gasteiger partial charge in [0.25, 0.3) is 0 Å². The molecule has 2 rings (SSSR count). The van der Waals surface area contributed by atoms with Crippen molar-refractivity contribution in [2.75, 3.05) is 6.61 Å². The number of unbranched alkanes of at least 4 members (excludes halogenated alkanes) is 3. The van der Waals surface area contributed by atoms with E-state index < -0.39 is 5.41 Å². The zero-order valence-corrected chi connectivity index (χ0v) is 15.2. The second-order valence-corrected chi connectivity index (χ2v) is 7.57. The second kappa shape index (κ2) is 9.64. The molecular formula is C20H35NO2. The Balaban J connectivity index is 2.02. The first-order valence-corrected chi connectivity index (χ1v) is 9.94. The van der Waals surface area contributed by atoms with Gasteiger partial charge in [-0.05, 0) is 25.7 Å². The third-order valence-electron chi connectivity index (χ3n) is 5.72. The van der Waals surface area contributed by atoms with Crippen LogP contribution in [0, 0.1) is 22.7 Å². The van der Waals surface area contributed by atoms with Crippen LogP contribution in [0.15, 0.2) is 0 Å². The highest BCUT2D eigenvalue weighted by Gasteiger charge is 2.46. The zero-order valence-electron chi connectivity index (χ0n) is 15.2. The Morgan fingerprint density at radius 2 is 1.78 bits per heavy atom. The van der Waals surface area contributed by atoms with Crippen LogP contribution in [0.4, 0.5) is 0 Å². The van der Waals surface area contributed by atoms with E-state index in [2.05, 4.69) is 19.9 Å². The summed E-state index contributed by atoms with van der Waals surface area (Å²) in [6, 6.07) is 2.60. The molecular weight excluding hydrogens is 286 g/mol. The molecule has 0 amide bonds. The molecule has 1 saturated heterocycles. The third-order valence-corrected chi connectivity index (χ3v) is 5.72. The van der Waals surface area contributed by atoms with Crippen LogP contribution in [0.1, 0.15) is 90.9 Å². The molecule has 3 unspecified atom stereocenters. The molecule has 0 bridgehead atoms. The Morgan fingerprint density at radius 3 is 2.43 bits per heavy atom. The van der Waals surface area contributed by atoms with Crippen molar-refractivity contribution in [3.63, 3.8) is 0 Å². The van der Waals surface area contributed by atoms with E-state index in [1.165, 1.54) is 44.9 Å². The maximum absolute atomic E-state index is 9.88. The lowest BCUT2D eigenvalue weighted by molar-refractivity contribution is -0.278. The molecule has 1 heterocycles. The Labute approximate surface area is 142 Å². The summed E-state index contributed by atoms with van der Waals surface area (Å²) in [6.07, 6.45) is 14.1. The molecule has 3 nitrogen and oxygen atoms in total. The molecule has 0 aromatic rings. The van der Waals surface area contributed by atoms with Crippen LogP contribution in [-0.4, -0.2) is 19.0 Å². The number of rotatable bonds is 8. The minimum Gasteiger partial charge on any atom is -0.351 e. The number of ether oxygens (including phenoxy) is 2. The molecule has 0 aromatic heterocycles. The Bertz CT molecular complexity index is 372. The van der Waals surface area contributed by atoms with E-state index in [1.54, 1.807) is 0 Å². The van der Waals surface area contributed by atoms with Gasteiger partial charge < -0.3 is 9.47 Å². The molecule has 23 heavy (non-hydrogen) atoms. The van der Waals surface area contributed by atoms with Crippen molar-refractivity contribution in [1.82, 2.24) is 0 Å². The predicted molar refractivity (Wildman–Crippen MR) is 92.9 cm³/mol. The van der Waals surface area contributed by atoms with Crippen LogP contribution in [0.5, 0.6) is 0 Å². The number of hydrogen-bond acceptors (Lipinski definition) is 3. The van der Waals surface area contributed by atoms with Crippen molar-refractivity contribution in [3.05, 3.63) is 0 Å². The topological polar surface area (TPSA) is 42.2 Å². The summed E-state index contributed by atoms with van der Waals surface area (Å²) in [5.74, 6) is 0.542. The molecule has 1 aliphatic carbocycles. The molecule has 2 aliphatic rings. The lowest BCUT2D eigenvalue weighted by atomic mass is 9.76. The van der Waals surface area contributed by atoms with Crippen molar-refractivity contribution in [3.8, 4) is 6.07 Å². The fourth-order valence-electron chi connectivity index (χ4n) is 4.12. The van der Waals surface area contributed by atoms with Crippen molar-refractivity contribution in [2.24, 2.45) is 11.3 Å². The fourth-order valence-corrected chi connectivity index (χ4v) is 4.12. The number of hydrogen-bond donors (Lipinski definition) is 0. The summed E-state index contributed by atoms with van der Waals surface area (Å²) in [5, 5.41) is 9.88. The second-order valence-electron chi connectivity index (χ2n) is 7.57. The smallest absolute Gasteiger partial charge is 0.160 e. The minimum absolute atomic E-state index is 0.0614. The number of nitrogens with zero attached hydrogens (tertiary/aromatic N) is 1. The average Bonchev–Trinajstić information content (AvgIpc) is 2.61. The quantitative estimate of drug-likeness (QED) is 0.547. The average molecular weight is 322 g/mol. The SMILES string of the molecule is CCCCCC1OC(C2CCCCC2)OCC1(C#N)CCCC. The maximum atomic E-state index is 9.88. The highest BCUT2D eigenvalue weighted by molar-refractivity contribution is 5.06. The van der Waals surface area contributed by atoms with Crippen LogP contribution < -0.4 is 0 Å². The lowest BCUT2D eigenvalue weighted by Gasteiger charge is -2.45. The first-order chi connectivity index (χ1) is 11.3. The van der Waals surface area contributed by atoms with E-state index in [0.29, 0.717) is 12.5 Å². The van der Waals surface area contributed by atoms with Crippen molar-refractivity contribution in [2.45, 2.75) is 103 Å². The normalized spacial score (nSPS) is 32.6. The van der Waals surface area contributed by atoms with E-state index in [1.807, 2.05) is 0 Å². The molecule has 1 saturated carbocycles. The summed E-state index contributed by atoms with van der Waals surface area (Å²) in [7, 11) is 0. The van der Waals surface area contributed by atoms with Crippen molar-refractivity contribution < 1.29 is 9.47 Å². The van der Waals surface area contributed by atoms with Gasteiger partial charge >= 0.3 is 0 Å². The predicted octanol–water partition coefficient (Wildman–Crippen LogP) is 5.59. The van der Waals surface area contributed by atoms with Gasteiger partial charge in [-0.1, -0.05) is 65.2 Å². The summed E-state index contributed by atoms with van der Waals surface area (Å²) >= 11 is 0. The Morgan fingerprint density at radius 1 is 1.04 bits per heavy atom. The molecule has 0 spiro atoms. The molecule has 0 radical (unpaired) electrons.